The third-order valence-corrected chi connectivity index (χ3v) is 3.72. The number of hydrogen-bond donors (Lipinski definition) is 1. The monoisotopic (exact) mass is 311 g/mol. The number of ketones is 1. The van der Waals surface area contributed by atoms with Crippen molar-refractivity contribution in [2.45, 2.75) is 33.8 Å². The molecule has 0 aromatic heterocycles. The third kappa shape index (κ3) is 4.42. The zero-order chi connectivity index (χ0) is 17.0. The molecule has 0 radical (unpaired) electrons. The Bertz CT molecular complexity index is 720. The maximum absolute atomic E-state index is 12.2. The van der Waals surface area contributed by atoms with Crippen LogP contribution in [0.5, 0.6) is 5.75 Å². The number of benzene rings is 2. The molecule has 0 saturated carbocycles. The summed E-state index contributed by atoms with van der Waals surface area (Å²) in [5.74, 6) is 0.427. The Labute approximate surface area is 136 Å². The Kier molecular flexibility index (Phi) is 5.16. The van der Waals surface area contributed by atoms with Crippen molar-refractivity contribution in [3.63, 3.8) is 0 Å². The van der Waals surface area contributed by atoms with Crippen LogP contribution in [0.2, 0.25) is 0 Å². The van der Waals surface area contributed by atoms with Crippen LogP contribution in [-0.2, 0) is 4.79 Å². The van der Waals surface area contributed by atoms with Crippen LogP contribution in [0.1, 0.15) is 35.3 Å². The van der Waals surface area contributed by atoms with Crippen LogP contribution in [0.4, 0.5) is 5.69 Å². The Morgan fingerprint density at radius 1 is 1.00 bits per heavy atom. The first-order valence-corrected chi connectivity index (χ1v) is 7.52. The maximum Gasteiger partial charge on any atom is 0.265 e. The number of nitrogens with one attached hydrogen (secondary N) is 1. The van der Waals surface area contributed by atoms with Gasteiger partial charge in [0, 0.05) is 11.3 Å². The summed E-state index contributed by atoms with van der Waals surface area (Å²) in [6.07, 6.45) is -0.621. The molecule has 23 heavy (non-hydrogen) atoms. The van der Waals surface area contributed by atoms with Gasteiger partial charge in [-0.3, -0.25) is 9.59 Å². The summed E-state index contributed by atoms with van der Waals surface area (Å²) < 4.78 is 5.68. The number of Topliss-reactive ketones (excluding diaryl/α,β-unsaturated/α-hetero) is 1. The lowest BCUT2D eigenvalue weighted by molar-refractivity contribution is -0.122. The van der Waals surface area contributed by atoms with Crippen LogP contribution < -0.4 is 10.1 Å². The highest BCUT2D eigenvalue weighted by molar-refractivity contribution is 5.96. The molecule has 1 N–H and O–H groups in total. The van der Waals surface area contributed by atoms with E-state index in [0.717, 1.165) is 5.56 Å². The molecule has 0 bridgehead atoms. The maximum atomic E-state index is 12.2. The Morgan fingerprint density at radius 2 is 1.65 bits per heavy atom. The molecule has 0 aliphatic heterocycles. The molecule has 120 valence electrons. The molecule has 2 rings (SSSR count). The van der Waals surface area contributed by atoms with Gasteiger partial charge in [0.2, 0.25) is 0 Å². The van der Waals surface area contributed by atoms with Crippen molar-refractivity contribution in [1.82, 2.24) is 0 Å². The lowest BCUT2D eigenvalue weighted by Crippen LogP contribution is -2.30. The first-order valence-electron chi connectivity index (χ1n) is 7.52. The number of carbonyl (C=O) groups is 2. The SMILES string of the molecule is CC(=O)c1ccc(NC(=O)C(C)Oc2ccc(C)c(C)c2)cc1. The number of ether oxygens (including phenoxy) is 1. The van der Waals surface area contributed by atoms with Gasteiger partial charge in [-0.2, -0.15) is 0 Å². The summed E-state index contributed by atoms with van der Waals surface area (Å²) in [6, 6.07) is 12.5. The molecular weight excluding hydrogens is 290 g/mol. The van der Waals surface area contributed by atoms with E-state index < -0.39 is 6.10 Å². The summed E-state index contributed by atoms with van der Waals surface area (Å²) in [7, 11) is 0. The number of carbonyl (C=O) groups excluding carboxylic acids is 2. The molecule has 4 nitrogen and oxygen atoms in total. The highest BCUT2D eigenvalue weighted by Crippen LogP contribution is 2.18. The number of anilines is 1. The van der Waals surface area contributed by atoms with Crippen LogP contribution in [0, 0.1) is 13.8 Å². The van der Waals surface area contributed by atoms with Gasteiger partial charge in [-0.05, 0) is 75.2 Å². The van der Waals surface area contributed by atoms with Gasteiger partial charge in [-0.1, -0.05) is 6.07 Å². The van der Waals surface area contributed by atoms with Crippen molar-refractivity contribution in [1.29, 1.82) is 0 Å². The highest BCUT2D eigenvalue weighted by Gasteiger charge is 2.15. The van der Waals surface area contributed by atoms with E-state index in [1.54, 1.807) is 31.2 Å². The number of hydrogen-bond acceptors (Lipinski definition) is 3. The number of rotatable bonds is 5. The van der Waals surface area contributed by atoms with Gasteiger partial charge in [0.05, 0.1) is 0 Å². The zero-order valence-electron chi connectivity index (χ0n) is 13.8. The van der Waals surface area contributed by atoms with E-state index in [1.165, 1.54) is 12.5 Å². The fraction of sp³-hybridized carbons (Fsp3) is 0.263. The minimum Gasteiger partial charge on any atom is -0.481 e. The predicted molar refractivity (Wildman–Crippen MR) is 91.1 cm³/mol. The van der Waals surface area contributed by atoms with Gasteiger partial charge in [0.25, 0.3) is 5.91 Å². The first kappa shape index (κ1) is 16.7. The zero-order valence-corrected chi connectivity index (χ0v) is 13.8. The molecule has 2 aromatic rings. The summed E-state index contributed by atoms with van der Waals surface area (Å²) in [5.41, 5.74) is 3.55. The van der Waals surface area contributed by atoms with E-state index in [1.807, 2.05) is 32.0 Å². The fourth-order valence-corrected chi connectivity index (χ4v) is 2.08. The second kappa shape index (κ2) is 7.09. The van der Waals surface area contributed by atoms with Crippen molar-refractivity contribution in [2.75, 3.05) is 5.32 Å². The molecule has 4 heteroatoms. The number of aryl methyl sites for hydroxylation is 2. The van der Waals surface area contributed by atoms with E-state index >= 15 is 0 Å². The largest absolute Gasteiger partial charge is 0.481 e. The van der Waals surface area contributed by atoms with Crippen molar-refractivity contribution in [3.8, 4) is 5.75 Å². The van der Waals surface area contributed by atoms with Crippen LogP contribution in [0.3, 0.4) is 0 Å². The number of amides is 1. The van der Waals surface area contributed by atoms with Crippen molar-refractivity contribution < 1.29 is 14.3 Å². The van der Waals surface area contributed by atoms with Gasteiger partial charge >= 0.3 is 0 Å². The van der Waals surface area contributed by atoms with E-state index in [4.69, 9.17) is 4.74 Å². The normalized spacial score (nSPS) is 11.7. The third-order valence-electron chi connectivity index (χ3n) is 3.72. The Hall–Kier alpha value is -2.62. The molecule has 0 aliphatic carbocycles. The van der Waals surface area contributed by atoms with Gasteiger partial charge in [-0.25, -0.2) is 0 Å². The van der Waals surface area contributed by atoms with Crippen LogP contribution >= 0.6 is 0 Å². The average molecular weight is 311 g/mol. The molecule has 0 saturated heterocycles. The van der Waals surface area contributed by atoms with E-state index in [2.05, 4.69) is 5.32 Å². The molecule has 0 heterocycles. The summed E-state index contributed by atoms with van der Waals surface area (Å²) >= 11 is 0. The minimum atomic E-state index is -0.621. The fourth-order valence-electron chi connectivity index (χ4n) is 2.08. The summed E-state index contributed by atoms with van der Waals surface area (Å²) in [6.45, 7) is 7.24. The van der Waals surface area contributed by atoms with Gasteiger partial charge in [-0.15, -0.1) is 0 Å². The topological polar surface area (TPSA) is 55.4 Å². The second-order valence-corrected chi connectivity index (χ2v) is 5.63. The smallest absolute Gasteiger partial charge is 0.265 e. The lowest BCUT2D eigenvalue weighted by atomic mass is 10.1. The van der Waals surface area contributed by atoms with Crippen LogP contribution in [0.25, 0.3) is 0 Å². The standard InChI is InChI=1S/C19H21NO3/c1-12-5-10-18(11-13(12)2)23-15(4)19(22)20-17-8-6-16(7-9-17)14(3)21/h5-11,15H,1-4H3,(H,20,22). The van der Waals surface area contributed by atoms with E-state index in [9.17, 15) is 9.59 Å². The minimum absolute atomic E-state index is 0.00526. The van der Waals surface area contributed by atoms with Gasteiger partial charge in [0.15, 0.2) is 11.9 Å². The quantitative estimate of drug-likeness (QED) is 0.852. The van der Waals surface area contributed by atoms with Crippen molar-refractivity contribution >= 4 is 17.4 Å². The average Bonchev–Trinajstić information content (AvgIpc) is 2.51. The summed E-state index contributed by atoms with van der Waals surface area (Å²) in [4.78, 5) is 23.4. The van der Waals surface area contributed by atoms with Gasteiger partial charge < -0.3 is 10.1 Å². The highest BCUT2D eigenvalue weighted by atomic mass is 16.5. The molecule has 1 unspecified atom stereocenters. The lowest BCUT2D eigenvalue weighted by Gasteiger charge is -2.15. The molecule has 1 atom stereocenters. The van der Waals surface area contributed by atoms with Gasteiger partial charge in [0.1, 0.15) is 5.75 Å². The summed E-state index contributed by atoms with van der Waals surface area (Å²) in [5, 5.41) is 2.78. The van der Waals surface area contributed by atoms with Crippen LogP contribution in [-0.4, -0.2) is 17.8 Å². The van der Waals surface area contributed by atoms with E-state index in [-0.39, 0.29) is 11.7 Å². The molecule has 0 spiro atoms. The molecular formula is C19H21NO3. The molecule has 1 amide bonds. The van der Waals surface area contributed by atoms with Crippen molar-refractivity contribution in [3.05, 3.63) is 59.2 Å². The second-order valence-electron chi connectivity index (χ2n) is 5.63. The van der Waals surface area contributed by atoms with Crippen molar-refractivity contribution in [2.24, 2.45) is 0 Å². The van der Waals surface area contributed by atoms with Crippen LogP contribution in [0.15, 0.2) is 42.5 Å². The molecule has 0 fully saturated rings. The molecule has 2 aromatic carbocycles. The Balaban J connectivity index is 1.99. The predicted octanol–water partition coefficient (Wildman–Crippen LogP) is 3.91. The molecule has 0 aliphatic rings. The van der Waals surface area contributed by atoms with E-state index in [0.29, 0.717) is 17.0 Å². The Morgan fingerprint density at radius 3 is 2.22 bits per heavy atom. The first-order chi connectivity index (χ1) is 10.9.